The zero-order valence-corrected chi connectivity index (χ0v) is 27.9. The predicted molar refractivity (Wildman–Crippen MR) is 211 cm³/mol. The summed E-state index contributed by atoms with van der Waals surface area (Å²) in [5.74, 6) is 0. The molecule has 0 saturated heterocycles. The molecule has 0 saturated carbocycles. The second kappa shape index (κ2) is 11.8. The zero-order chi connectivity index (χ0) is 33.8. The van der Waals surface area contributed by atoms with Crippen molar-refractivity contribution in [2.75, 3.05) is 4.90 Å². The summed E-state index contributed by atoms with van der Waals surface area (Å²) in [5, 5.41) is 2.20. The molecule has 0 atom stereocenters. The van der Waals surface area contributed by atoms with Crippen LogP contribution in [0.25, 0.3) is 44.2 Å². The number of fused-ring (bicyclic) bond motifs is 6. The molecular formula is C49H33NO. The fraction of sp³-hybridized carbons (Fsp3) is 0.0204. The van der Waals surface area contributed by atoms with Crippen LogP contribution in [0.2, 0.25) is 0 Å². The molecule has 1 heterocycles. The number of rotatable bonds is 6. The molecule has 10 rings (SSSR count). The normalized spacial score (nSPS) is 12.9. The van der Waals surface area contributed by atoms with E-state index in [1.807, 2.05) is 0 Å². The number of nitrogens with zero attached hydrogens (tertiary/aromatic N) is 1. The Hall–Kier alpha value is -6.64. The third-order valence-corrected chi connectivity index (χ3v) is 10.5. The van der Waals surface area contributed by atoms with Gasteiger partial charge in [-0.25, -0.2) is 0 Å². The van der Waals surface area contributed by atoms with Gasteiger partial charge < -0.3 is 9.32 Å². The van der Waals surface area contributed by atoms with Crippen LogP contribution >= 0.6 is 0 Å². The topological polar surface area (TPSA) is 16.4 Å². The SMILES string of the molecule is c1ccc(-c2ccc3c(c2)-c2c(cc4oc5ccccc5c4c2N(c2ccccc2)c2ccccc2)C3(c2ccccc2)c2ccccc2)cc1. The molecule has 0 amide bonds. The maximum atomic E-state index is 6.87. The average molecular weight is 652 g/mol. The highest BCUT2D eigenvalue weighted by Gasteiger charge is 2.48. The highest BCUT2D eigenvalue weighted by molar-refractivity contribution is 6.19. The van der Waals surface area contributed by atoms with Crippen LogP contribution in [0.1, 0.15) is 22.3 Å². The molecule has 1 aliphatic rings. The lowest BCUT2D eigenvalue weighted by Gasteiger charge is -2.34. The number of hydrogen-bond donors (Lipinski definition) is 0. The smallest absolute Gasteiger partial charge is 0.137 e. The Morgan fingerprint density at radius 3 is 1.55 bits per heavy atom. The monoisotopic (exact) mass is 651 g/mol. The minimum atomic E-state index is -0.608. The summed E-state index contributed by atoms with van der Waals surface area (Å²) in [4.78, 5) is 2.44. The van der Waals surface area contributed by atoms with Crippen LogP contribution in [-0.4, -0.2) is 0 Å². The Kier molecular flexibility index (Phi) is 6.75. The standard InChI is InChI=1S/C49H33NO/c1-6-18-34(19-7-1)35-30-31-42-41(32-35)46-43(49(42,36-20-8-2-9-21-36)37-22-10-3-11-23-37)33-45-47(40-28-16-17-29-44(40)51-45)48(46)50(38-24-12-4-13-25-38)39-26-14-5-15-27-39/h1-33H. The van der Waals surface area contributed by atoms with Crippen molar-refractivity contribution in [2.24, 2.45) is 0 Å². The highest BCUT2D eigenvalue weighted by Crippen LogP contribution is 2.62. The van der Waals surface area contributed by atoms with Gasteiger partial charge in [0.15, 0.2) is 0 Å². The maximum Gasteiger partial charge on any atom is 0.137 e. The van der Waals surface area contributed by atoms with Gasteiger partial charge >= 0.3 is 0 Å². The summed E-state index contributed by atoms with van der Waals surface area (Å²) in [5.41, 5.74) is 14.1. The Labute approximate surface area is 297 Å². The van der Waals surface area contributed by atoms with E-state index in [-0.39, 0.29) is 0 Å². The van der Waals surface area contributed by atoms with Gasteiger partial charge in [0, 0.05) is 22.3 Å². The summed E-state index contributed by atoms with van der Waals surface area (Å²) in [6.07, 6.45) is 0. The number of para-hydroxylation sites is 3. The summed E-state index contributed by atoms with van der Waals surface area (Å²) in [6, 6.07) is 72.1. The van der Waals surface area contributed by atoms with Gasteiger partial charge in [0.25, 0.3) is 0 Å². The molecule has 0 N–H and O–H groups in total. The van der Waals surface area contributed by atoms with Crippen molar-refractivity contribution in [1.29, 1.82) is 0 Å². The Morgan fingerprint density at radius 1 is 0.412 bits per heavy atom. The molecule has 0 spiro atoms. The molecule has 0 radical (unpaired) electrons. The molecule has 51 heavy (non-hydrogen) atoms. The quantitative estimate of drug-likeness (QED) is 0.178. The highest BCUT2D eigenvalue weighted by atomic mass is 16.3. The van der Waals surface area contributed by atoms with E-state index >= 15 is 0 Å². The van der Waals surface area contributed by atoms with E-state index in [2.05, 4.69) is 205 Å². The van der Waals surface area contributed by atoms with Crippen molar-refractivity contribution in [3.63, 3.8) is 0 Å². The van der Waals surface area contributed by atoms with E-state index in [0.717, 1.165) is 39.0 Å². The summed E-state index contributed by atoms with van der Waals surface area (Å²) in [6.45, 7) is 0. The van der Waals surface area contributed by atoms with E-state index < -0.39 is 5.41 Å². The van der Waals surface area contributed by atoms with Gasteiger partial charge in [-0.3, -0.25) is 0 Å². The molecule has 0 unspecified atom stereocenters. The molecule has 240 valence electrons. The molecule has 1 aromatic heterocycles. The molecule has 0 fully saturated rings. The number of benzene rings is 8. The number of hydrogen-bond acceptors (Lipinski definition) is 2. The second-order valence-corrected chi connectivity index (χ2v) is 13.2. The fourth-order valence-electron chi connectivity index (χ4n) is 8.42. The van der Waals surface area contributed by atoms with Crippen molar-refractivity contribution in [3.8, 4) is 22.3 Å². The van der Waals surface area contributed by atoms with Crippen LogP contribution in [-0.2, 0) is 5.41 Å². The van der Waals surface area contributed by atoms with Gasteiger partial charge in [0.1, 0.15) is 11.2 Å². The summed E-state index contributed by atoms with van der Waals surface area (Å²) in [7, 11) is 0. The molecule has 9 aromatic rings. The molecule has 1 aliphatic carbocycles. The molecular weight excluding hydrogens is 619 g/mol. The van der Waals surface area contributed by atoms with Crippen LogP contribution in [0, 0.1) is 0 Å². The van der Waals surface area contributed by atoms with Crippen LogP contribution in [0.5, 0.6) is 0 Å². The molecule has 0 bridgehead atoms. The molecule has 2 heteroatoms. The number of anilines is 3. The van der Waals surface area contributed by atoms with E-state index in [1.54, 1.807) is 0 Å². The van der Waals surface area contributed by atoms with E-state index in [4.69, 9.17) is 4.42 Å². The van der Waals surface area contributed by atoms with E-state index in [9.17, 15) is 0 Å². The average Bonchev–Trinajstić information content (AvgIpc) is 3.73. The number of furan rings is 1. The minimum absolute atomic E-state index is 0.608. The van der Waals surface area contributed by atoms with Crippen molar-refractivity contribution in [1.82, 2.24) is 0 Å². The molecule has 0 aliphatic heterocycles. The van der Waals surface area contributed by atoms with E-state index in [0.29, 0.717) is 0 Å². The van der Waals surface area contributed by atoms with Crippen molar-refractivity contribution in [2.45, 2.75) is 5.41 Å². The Bertz CT molecular complexity index is 2580. The van der Waals surface area contributed by atoms with Crippen LogP contribution in [0.3, 0.4) is 0 Å². The Morgan fingerprint density at radius 2 is 0.941 bits per heavy atom. The van der Waals surface area contributed by atoms with Gasteiger partial charge in [0.2, 0.25) is 0 Å². The summed E-state index contributed by atoms with van der Waals surface area (Å²) >= 11 is 0. The zero-order valence-electron chi connectivity index (χ0n) is 27.9. The van der Waals surface area contributed by atoms with Crippen LogP contribution in [0.4, 0.5) is 17.1 Å². The van der Waals surface area contributed by atoms with Crippen molar-refractivity contribution >= 4 is 39.0 Å². The van der Waals surface area contributed by atoms with Crippen LogP contribution < -0.4 is 4.90 Å². The van der Waals surface area contributed by atoms with Gasteiger partial charge in [-0.2, -0.15) is 0 Å². The van der Waals surface area contributed by atoms with Crippen LogP contribution in [0.15, 0.2) is 205 Å². The largest absolute Gasteiger partial charge is 0.456 e. The first-order valence-corrected chi connectivity index (χ1v) is 17.5. The van der Waals surface area contributed by atoms with Crippen molar-refractivity contribution < 1.29 is 4.42 Å². The van der Waals surface area contributed by atoms with Gasteiger partial charge in [-0.1, -0.05) is 158 Å². The third kappa shape index (κ3) is 4.43. The first kappa shape index (κ1) is 29.3. The first-order valence-electron chi connectivity index (χ1n) is 17.5. The third-order valence-electron chi connectivity index (χ3n) is 10.5. The van der Waals surface area contributed by atoms with Crippen molar-refractivity contribution in [3.05, 3.63) is 222 Å². The second-order valence-electron chi connectivity index (χ2n) is 13.2. The van der Waals surface area contributed by atoms with E-state index in [1.165, 1.54) is 44.5 Å². The van der Waals surface area contributed by atoms with Gasteiger partial charge in [-0.05, 0) is 81.4 Å². The Balaban J connectivity index is 1.45. The van der Waals surface area contributed by atoms with Gasteiger partial charge in [0.05, 0.1) is 16.5 Å². The lowest BCUT2D eigenvalue weighted by molar-refractivity contribution is 0.666. The lowest BCUT2D eigenvalue weighted by atomic mass is 9.67. The first-order chi connectivity index (χ1) is 25.3. The maximum absolute atomic E-state index is 6.87. The lowest BCUT2D eigenvalue weighted by Crippen LogP contribution is -2.28. The van der Waals surface area contributed by atoms with Gasteiger partial charge in [-0.15, -0.1) is 0 Å². The molecule has 2 nitrogen and oxygen atoms in total. The minimum Gasteiger partial charge on any atom is -0.456 e. The summed E-state index contributed by atoms with van der Waals surface area (Å²) < 4.78 is 6.87. The predicted octanol–water partition coefficient (Wildman–Crippen LogP) is 13.1. The molecule has 8 aromatic carbocycles. The fourth-order valence-corrected chi connectivity index (χ4v) is 8.42.